The third-order valence-corrected chi connectivity index (χ3v) is 7.01. The Hall–Kier alpha value is -3.78. The van der Waals surface area contributed by atoms with E-state index in [0.29, 0.717) is 17.4 Å². The molecular weight excluding hydrogens is 436 g/mol. The summed E-state index contributed by atoms with van der Waals surface area (Å²) in [7, 11) is 3.28. The van der Waals surface area contributed by atoms with Gasteiger partial charge >= 0.3 is 0 Å². The van der Waals surface area contributed by atoms with Crippen LogP contribution in [0, 0.1) is 6.92 Å². The van der Waals surface area contributed by atoms with E-state index in [-0.39, 0.29) is 12.1 Å². The molecule has 2 aromatic heterocycles. The predicted molar refractivity (Wildman–Crippen MR) is 127 cm³/mol. The predicted octanol–water partition coefficient (Wildman–Crippen LogP) is 5.23. The Balaban J connectivity index is 1.63. The lowest BCUT2D eigenvalue weighted by Gasteiger charge is -2.38. The number of benzene rings is 2. The number of thiophene rings is 1. The molecule has 4 aromatic rings. The van der Waals surface area contributed by atoms with Gasteiger partial charge in [0.2, 0.25) is 5.95 Å². The lowest BCUT2D eigenvalue weighted by molar-refractivity contribution is 0.226. The van der Waals surface area contributed by atoms with Gasteiger partial charge in [-0.2, -0.15) is 10.1 Å². The van der Waals surface area contributed by atoms with Crippen LogP contribution in [-0.4, -0.2) is 29.0 Å². The molecule has 0 saturated heterocycles. The van der Waals surface area contributed by atoms with Gasteiger partial charge < -0.3 is 19.5 Å². The van der Waals surface area contributed by atoms with Crippen molar-refractivity contribution in [3.8, 4) is 17.2 Å². The summed E-state index contributed by atoms with van der Waals surface area (Å²) < 4.78 is 19.6. The summed E-state index contributed by atoms with van der Waals surface area (Å²) in [6, 6.07) is 16.2. The smallest absolute Gasteiger partial charge is 0.226 e. The molecule has 0 amide bonds. The minimum Gasteiger partial charge on any atom is -0.493 e. The van der Waals surface area contributed by atoms with Crippen LogP contribution < -0.4 is 19.5 Å². The Morgan fingerprint density at radius 2 is 1.94 bits per heavy atom. The molecule has 0 unspecified atom stereocenters. The van der Waals surface area contributed by atoms with E-state index in [9.17, 15) is 0 Å². The van der Waals surface area contributed by atoms with Gasteiger partial charge in [-0.1, -0.05) is 23.8 Å². The van der Waals surface area contributed by atoms with Crippen molar-refractivity contribution < 1.29 is 14.2 Å². The van der Waals surface area contributed by atoms with Gasteiger partial charge in [0.15, 0.2) is 17.6 Å². The molecule has 8 heteroatoms. The second kappa shape index (κ2) is 7.67. The topological polar surface area (TPSA) is 70.4 Å². The molecule has 0 bridgehead atoms. The summed E-state index contributed by atoms with van der Waals surface area (Å²) in [5, 5.41) is 10.2. The van der Waals surface area contributed by atoms with Gasteiger partial charge in [0.25, 0.3) is 0 Å². The van der Waals surface area contributed by atoms with Crippen molar-refractivity contribution in [2.24, 2.45) is 0 Å². The zero-order chi connectivity index (χ0) is 22.5. The quantitative estimate of drug-likeness (QED) is 0.452. The number of nitrogens with one attached hydrogen (secondary N) is 1. The zero-order valence-corrected chi connectivity index (χ0v) is 19.2. The van der Waals surface area contributed by atoms with E-state index in [2.05, 4.69) is 52.0 Å². The first-order valence-electron chi connectivity index (χ1n) is 10.6. The zero-order valence-electron chi connectivity index (χ0n) is 18.4. The number of nitrogens with zero attached hydrogens (tertiary/aromatic N) is 3. The van der Waals surface area contributed by atoms with Crippen LogP contribution in [0.1, 0.15) is 33.7 Å². The van der Waals surface area contributed by atoms with E-state index < -0.39 is 0 Å². The average molecular weight is 459 g/mol. The fourth-order valence-corrected chi connectivity index (χ4v) is 5.38. The molecule has 0 saturated carbocycles. The first-order chi connectivity index (χ1) is 16.2. The standard InChI is InChI=1S/C25H22N4O3S/c1-14-6-8-17-16(11-14)22-21(24(32-17)20-5-4-10-33-20)23(29-25(28-22)26-13-27-29)15-7-9-18(30-2)19(12-15)31-3/h4-13,23-24H,1-3H3,(H,26,27,28)/t23-,24-/m0/s1. The van der Waals surface area contributed by atoms with Crippen molar-refractivity contribution in [3.05, 3.63) is 87.4 Å². The van der Waals surface area contributed by atoms with Crippen molar-refractivity contribution >= 4 is 23.0 Å². The highest BCUT2D eigenvalue weighted by Gasteiger charge is 2.41. The van der Waals surface area contributed by atoms with E-state index in [0.717, 1.165) is 38.6 Å². The molecule has 1 N–H and O–H groups in total. The van der Waals surface area contributed by atoms with Crippen LogP contribution in [-0.2, 0) is 0 Å². The molecular formula is C25H22N4O3S. The summed E-state index contributed by atoms with van der Waals surface area (Å²) in [6.45, 7) is 2.09. The number of fused-ring (bicyclic) bond motifs is 3. The number of aryl methyl sites for hydroxylation is 1. The van der Waals surface area contributed by atoms with Crippen molar-refractivity contribution in [3.63, 3.8) is 0 Å². The van der Waals surface area contributed by atoms with Gasteiger partial charge in [-0.25, -0.2) is 4.68 Å². The molecule has 2 atom stereocenters. The maximum Gasteiger partial charge on any atom is 0.226 e. The molecule has 2 aromatic carbocycles. The molecule has 0 aliphatic carbocycles. The van der Waals surface area contributed by atoms with Gasteiger partial charge in [0.1, 0.15) is 18.1 Å². The second-order valence-corrected chi connectivity index (χ2v) is 8.99. The van der Waals surface area contributed by atoms with Crippen LogP contribution in [0.4, 0.5) is 5.95 Å². The number of methoxy groups -OCH3 is 2. The lowest BCUT2D eigenvalue weighted by atomic mass is 9.86. The van der Waals surface area contributed by atoms with Crippen LogP contribution in [0.3, 0.4) is 0 Å². The Bertz CT molecular complexity index is 1380. The highest BCUT2D eigenvalue weighted by molar-refractivity contribution is 7.10. The maximum atomic E-state index is 6.64. The summed E-state index contributed by atoms with van der Waals surface area (Å²) in [5.74, 6) is 2.88. The van der Waals surface area contributed by atoms with Crippen LogP contribution in [0.25, 0.3) is 5.70 Å². The van der Waals surface area contributed by atoms with Crippen LogP contribution in [0.2, 0.25) is 0 Å². The van der Waals surface area contributed by atoms with Gasteiger partial charge in [-0.3, -0.25) is 0 Å². The summed E-state index contributed by atoms with van der Waals surface area (Å²) in [6.07, 6.45) is 1.31. The summed E-state index contributed by atoms with van der Waals surface area (Å²) in [4.78, 5) is 5.62. The van der Waals surface area contributed by atoms with E-state index in [1.54, 1.807) is 31.9 Å². The van der Waals surface area contributed by atoms with E-state index >= 15 is 0 Å². The van der Waals surface area contributed by atoms with Crippen molar-refractivity contribution in [2.75, 3.05) is 19.5 Å². The van der Waals surface area contributed by atoms with Crippen molar-refractivity contribution in [1.29, 1.82) is 0 Å². The molecule has 4 heterocycles. The highest BCUT2D eigenvalue weighted by Crippen LogP contribution is 2.51. The maximum absolute atomic E-state index is 6.64. The van der Waals surface area contributed by atoms with Gasteiger partial charge in [0.05, 0.1) is 19.9 Å². The fourth-order valence-electron chi connectivity index (χ4n) is 4.61. The fraction of sp³-hybridized carbons (Fsp3) is 0.200. The number of aromatic nitrogens is 3. The highest BCUT2D eigenvalue weighted by atomic mass is 32.1. The first-order valence-corrected chi connectivity index (χ1v) is 11.5. The molecule has 166 valence electrons. The van der Waals surface area contributed by atoms with Crippen LogP contribution in [0.5, 0.6) is 17.2 Å². The number of ether oxygens (including phenoxy) is 3. The normalized spacial score (nSPS) is 18.5. The van der Waals surface area contributed by atoms with Crippen molar-refractivity contribution in [1.82, 2.24) is 14.8 Å². The first kappa shape index (κ1) is 19.9. The molecule has 33 heavy (non-hydrogen) atoms. The molecule has 0 fully saturated rings. The molecule has 0 spiro atoms. The third-order valence-electron chi connectivity index (χ3n) is 6.09. The monoisotopic (exact) mass is 458 g/mol. The molecule has 2 aliphatic rings. The molecule has 2 aliphatic heterocycles. The van der Waals surface area contributed by atoms with E-state index in [1.165, 1.54) is 0 Å². The van der Waals surface area contributed by atoms with Crippen LogP contribution in [0.15, 0.2) is 65.8 Å². The Kier molecular flexibility index (Phi) is 4.62. The van der Waals surface area contributed by atoms with Crippen molar-refractivity contribution in [2.45, 2.75) is 19.1 Å². The van der Waals surface area contributed by atoms with Gasteiger partial charge in [0, 0.05) is 16.0 Å². The Morgan fingerprint density at radius 3 is 2.73 bits per heavy atom. The number of rotatable bonds is 4. The average Bonchev–Trinajstić information content (AvgIpc) is 3.54. The molecule has 7 nitrogen and oxygen atoms in total. The Morgan fingerprint density at radius 1 is 1.06 bits per heavy atom. The molecule has 0 radical (unpaired) electrons. The summed E-state index contributed by atoms with van der Waals surface area (Å²) >= 11 is 1.68. The van der Waals surface area contributed by atoms with Gasteiger partial charge in [-0.15, -0.1) is 11.3 Å². The van der Waals surface area contributed by atoms with Gasteiger partial charge in [-0.05, 0) is 48.2 Å². The SMILES string of the molecule is COc1ccc([C@H]2C3=C(Nc4ncnn42)c2cc(C)ccc2O[C@H]3c2cccs2)cc1OC. The van der Waals surface area contributed by atoms with E-state index in [4.69, 9.17) is 14.2 Å². The number of hydrogen-bond acceptors (Lipinski definition) is 7. The lowest BCUT2D eigenvalue weighted by Crippen LogP contribution is -2.32. The second-order valence-electron chi connectivity index (χ2n) is 8.01. The summed E-state index contributed by atoms with van der Waals surface area (Å²) in [5.41, 5.74) is 5.29. The largest absolute Gasteiger partial charge is 0.493 e. The van der Waals surface area contributed by atoms with Crippen LogP contribution >= 0.6 is 11.3 Å². The number of hydrogen-bond donors (Lipinski definition) is 1. The minimum absolute atomic E-state index is 0.237. The number of anilines is 1. The Labute approximate surface area is 195 Å². The minimum atomic E-state index is -0.266. The third kappa shape index (κ3) is 3.09. The van der Waals surface area contributed by atoms with E-state index in [1.807, 2.05) is 28.9 Å². The molecule has 6 rings (SSSR count).